The molecule has 1 aliphatic rings. The number of hydrogen-bond acceptors (Lipinski definition) is 9. The third-order valence-electron chi connectivity index (χ3n) is 4.73. The minimum absolute atomic E-state index is 0.251. The molecule has 1 N–H and O–H groups in total. The number of ether oxygens (including phenoxy) is 5. The standard InChI is InChI=1S/C26H27NO9/c1-5-32-21-14-16(13-19-24(30)35-26(3,4)36-25(19)31)7-12-20(21)34-15-22(28)27-18-10-8-17(9-11-18)23(29)33-6-2/h7-14H,5-6,15H2,1-4H3,(H,27,28). The molecule has 2 aromatic carbocycles. The fourth-order valence-corrected chi connectivity index (χ4v) is 3.19. The first-order chi connectivity index (χ1) is 17.1. The summed E-state index contributed by atoms with van der Waals surface area (Å²) in [4.78, 5) is 48.5. The summed E-state index contributed by atoms with van der Waals surface area (Å²) in [7, 11) is 0. The third kappa shape index (κ3) is 6.84. The molecule has 0 aliphatic carbocycles. The summed E-state index contributed by atoms with van der Waals surface area (Å²) in [5.41, 5.74) is 1.08. The number of cyclic esters (lactones) is 2. The van der Waals surface area contributed by atoms with Crippen molar-refractivity contribution in [2.75, 3.05) is 25.1 Å². The summed E-state index contributed by atoms with van der Waals surface area (Å²) in [6, 6.07) is 11.0. The van der Waals surface area contributed by atoms with Crippen molar-refractivity contribution in [2.24, 2.45) is 0 Å². The lowest BCUT2D eigenvalue weighted by Gasteiger charge is -2.29. The first kappa shape index (κ1) is 26.3. The number of carbonyl (C=O) groups is 4. The Bertz CT molecular complexity index is 1160. The third-order valence-corrected chi connectivity index (χ3v) is 4.73. The van der Waals surface area contributed by atoms with Crippen LogP contribution in [0.1, 0.15) is 43.6 Å². The number of hydrogen-bond donors (Lipinski definition) is 1. The Morgan fingerprint density at radius 1 is 0.917 bits per heavy atom. The van der Waals surface area contributed by atoms with Crippen LogP contribution >= 0.6 is 0 Å². The number of anilines is 1. The molecule has 1 amide bonds. The van der Waals surface area contributed by atoms with Crippen molar-refractivity contribution in [3.63, 3.8) is 0 Å². The van der Waals surface area contributed by atoms with E-state index in [-0.39, 0.29) is 18.8 Å². The van der Waals surface area contributed by atoms with Crippen molar-refractivity contribution in [2.45, 2.75) is 33.5 Å². The molecule has 1 aliphatic heterocycles. The zero-order valence-corrected chi connectivity index (χ0v) is 20.4. The predicted molar refractivity (Wildman–Crippen MR) is 128 cm³/mol. The number of amides is 1. The average molecular weight is 498 g/mol. The molecule has 1 saturated heterocycles. The predicted octanol–water partition coefficient (Wildman–Crippen LogP) is 3.50. The van der Waals surface area contributed by atoms with E-state index in [0.29, 0.717) is 34.9 Å². The highest BCUT2D eigenvalue weighted by Gasteiger charge is 2.38. The lowest BCUT2D eigenvalue weighted by Crippen LogP contribution is -2.41. The maximum atomic E-state index is 12.3. The normalized spacial score (nSPS) is 14.3. The molecule has 190 valence electrons. The van der Waals surface area contributed by atoms with Crippen LogP contribution in [0.15, 0.2) is 48.0 Å². The van der Waals surface area contributed by atoms with Gasteiger partial charge in [-0.1, -0.05) is 6.07 Å². The summed E-state index contributed by atoms with van der Waals surface area (Å²) >= 11 is 0. The second-order valence-corrected chi connectivity index (χ2v) is 8.01. The van der Waals surface area contributed by atoms with Gasteiger partial charge in [0, 0.05) is 19.5 Å². The largest absolute Gasteiger partial charge is 0.490 e. The van der Waals surface area contributed by atoms with Crippen LogP contribution in [-0.4, -0.2) is 49.4 Å². The smallest absolute Gasteiger partial charge is 0.348 e. The first-order valence-electron chi connectivity index (χ1n) is 11.3. The van der Waals surface area contributed by atoms with Gasteiger partial charge in [0.15, 0.2) is 18.1 Å². The molecule has 0 bridgehead atoms. The molecule has 10 heteroatoms. The molecule has 1 fully saturated rings. The van der Waals surface area contributed by atoms with Crippen molar-refractivity contribution >= 4 is 35.6 Å². The summed E-state index contributed by atoms with van der Waals surface area (Å²) in [6.07, 6.45) is 1.33. The first-order valence-corrected chi connectivity index (χ1v) is 11.3. The second-order valence-electron chi connectivity index (χ2n) is 8.01. The SMILES string of the molecule is CCOC(=O)c1ccc(NC(=O)COc2ccc(C=C3C(=O)OC(C)(C)OC3=O)cc2OCC)cc1. The molecule has 0 atom stereocenters. The molecular weight excluding hydrogens is 470 g/mol. The van der Waals surface area contributed by atoms with E-state index in [9.17, 15) is 19.2 Å². The molecule has 0 radical (unpaired) electrons. The maximum Gasteiger partial charge on any atom is 0.348 e. The van der Waals surface area contributed by atoms with Crippen LogP contribution in [0, 0.1) is 0 Å². The van der Waals surface area contributed by atoms with E-state index in [0.717, 1.165) is 0 Å². The lowest BCUT2D eigenvalue weighted by molar-refractivity contribution is -0.222. The molecule has 0 saturated carbocycles. The molecule has 10 nitrogen and oxygen atoms in total. The highest BCUT2D eigenvalue weighted by Crippen LogP contribution is 2.31. The molecule has 0 aromatic heterocycles. The van der Waals surface area contributed by atoms with Gasteiger partial charge in [0.1, 0.15) is 5.57 Å². The average Bonchev–Trinajstić information content (AvgIpc) is 2.81. The van der Waals surface area contributed by atoms with Crippen LogP contribution < -0.4 is 14.8 Å². The van der Waals surface area contributed by atoms with Gasteiger partial charge in [0.25, 0.3) is 11.7 Å². The van der Waals surface area contributed by atoms with Gasteiger partial charge in [-0.15, -0.1) is 0 Å². The van der Waals surface area contributed by atoms with E-state index in [1.165, 1.54) is 19.9 Å². The molecule has 3 rings (SSSR count). The number of carbonyl (C=O) groups excluding carboxylic acids is 4. The fourth-order valence-electron chi connectivity index (χ4n) is 3.19. The summed E-state index contributed by atoms with van der Waals surface area (Å²) in [5, 5.41) is 2.67. The molecule has 0 spiro atoms. The Morgan fingerprint density at radius 3 is 2.19 bits per heavy atom. The number of benzene rings is 2. The van der Waals surface area contributed by atoms with Gasteiger partial charge in [-0.05, 0) is 61.9 Å². The highest BCUT2D eigenvalue weighted by molar-refractivity contribution is 6.18. The monoisotopic (exact) mass is 497 g/mol. The van der Waals surface area contributed by atoms with Crippen LogP contribution in [0.4, 0.5) is 5.69 Å². The van der Waals surface area contributed by atoms with Crippen LogP contribution in [-0.2, 0) is 28.6 Å². The van der Waals surface area contributed by atoms with E-state index in [2.05, 4.69) is 5.32 Å². The summed E-state index contributed by atoms with van der Waals surface area (Å²) in [6.45, 7) is 6.70. The van der Waals surface area contributed by atoms with Crippen molar-refractivity contribution in [1.29, 1.82) is 0 Å². The molecule has 36 heavy (non-hydrogen) atoms. The van der Waals surface area contributed by atoms with E-state index in [1.807, 2.05) is 0 Å². The van der Waals surface area contributed by atoms with E-state index in [4.69, 9.17) is 23.7 Å². The Hall–Kier alpha value is -4.34. The van der Waals surface area contributed by atoms with Crippen molar-refractivity contribution < 1.29 is 42.9 Å². The van der Waals surface area contributed by atoms with Gasteiger partial charge in [0.05, 0.1) is 18.8 Å². The number of esters is 3. The molecule has 0 unspecified atom stereocenters. The summed E-state index contributed by atoms with van der Waals surface area (Å²) < 4.78 is 26.3. The lowest BCUT2D eigenvalue weighted by atomic mass is 10.1. The Morgan fingerprint density at radius 2 is 1.58 bits per heavy atom. The second kappa shape index (κ2) is 11.4. The van der Waals surface area contributed by atoms with Gasteiger partial charge < -0.3 is 29.0 Å². The Balaban J connectivity index is 1.66. The van der Waals surface area contributed by atoms with Crippen LogP contribution in [0.25, 0.3) is 6.08 Å². The highest BCUT2D eigenvalue weighted by atomic mass is 16.7. The zero-order valence-electron chi connectivity index (χ0n) is 20.4. The van der Waals surface area contributed by atoms with E-state index < -0.39 is 29.6 Å². The van der Waals surface area contributed by atoms with Crippen LogP contribution in [0.3, 0.4) is 0 Å². The number of rotatable bonds is 9. The van der Waals surface area contributed by atoms with Crippen molar-refractivity contribution in [3.8, 4) is 11.5 Å². The van der Waals surface area contributed by atoms with Crippen LogP contribution in [0.2, 0.25) is 0 Å². The number of nitrogens with one attached hydrogen (secondary N) is 1. The Labute approximate surface area is 208 Å². The van der Waals surface area contributed by atoms with Gasteiger partial charge in [-0.25, -0.2) is 14.4 Å². The van der Waals surface area contributed by atoms with Gasteiger partial charge >= 0.3 is 17.9 Å². The quantitative estimate of drug-likeness (QED) is 0.315. The maximum absolute atomic E-state index is 12.3. The van der Waals surface area contributed by atoms with Gasteiger partial charge in [-0.2, -0.15) is 0 Å². The molecular formula is C26H27NO9. The van der Waals surface area contributed by atoms with Crippen molar-refractivity contribution in [3.05, 3.63) is 59.2 Å². The van der Waals surface area contributed by atoms with E-state index >= 15 is 0 Å². The molecule has 1 heterocycles. The van der Waals surface area contributed by atoms with Crippen LogP contribution in [0.5, 0.6) is 11.5 Å². The Kier molecular flexibility index (Phi) is 8.31. The summed E-state index contributed by atoms with van der Waals surface area (Å²) in [5.74, 6) is -3.17. The fraction of sp³-hybridized carbons (Fsp3) is 0.308. The van der Waals surface area contributed by atoms with Gasteiger partial charge in [-0.3, -0.25) is 4.79 Å². The van der Waals surface area contributed by atoms with E-state index in [1.54, 1.807) is 56.3 Å². The zero-order chi connectivity index (χ0) is 26.3. The van der Waals surface area contributed by atoms with Gasteiger partial charge in [0.2, 0.25) is 0 Å². The van der Waals surface area contributed by atoms with Crippen molar-refractivity contribution in [1.82, 2.24) is 0 Å². The molecule has 2 aromatic rings. The topological polar surface area (TPSA) is 126 Å². The minimum atomic E-state index is -1.33. The minimum Gasteiger partial charge on any atom is -0.490 e.